The third-order valence-electron chi connectivity index (χ3n) is 3.00. The van der Waals surface area contributed by atoms with Gasteiger partial charge in [-0.25, -0.2) is 0 Å². The molecule has 3 nitrogen and oxygen atoms in total. The number of hydrogen-bond acceptors (Lipinski definition) is 2. The average Bonchev–Trinajstić information content (AvgIpc) is 2.41. The van der Waals surface area contributed by atoms with Crippen molar-refractivity contribution in [3.05, 3.63) is 56.0 Å². The summed E-state index contributed by atoms with van der Waals surface area (Å²) in [6.45, 7) is 3.63. The van der Waals surface area contributed by atoms with E-state index in [-0.39, 0.29) is 12.5 Å². The van der Waals surface area contributed by atoms with Gasteiger partial charge in [0.05, 0.1) is 5.02 Å². The Morgan fingerprint density at radius 3 is 2.50 bits per heavy atom. The molecule has 0 aliphatic rings. The minimum atomic E-state index is -0.279. The summed E-state index contributed by atoms with van der Waals surface area (Å²) in [6.07, 6.45) is 0. The Balaban J connectivity index is 2.00. The van der Waals surface area contributed by atoms with Crippen molar-refractivity contribution in [3.8, 4) is 5.75 Å². The van der Waals surface area contributed by atoms with E-state index in [2.05, 4.69) is 21.2 Å². The van der Waals surface area contributed by atoms with Crippen LogP contribution in [0.25, 0.3) is 0 Å². The second kappa shape index (κ2) is 7.36. The van der Waals surface area contributed by atoms with Crippen LogP contribution >= 0.6 is 39.1 Å². The third kappa shape index (κ3) is 4.38. The van der Waals surface area contributed by atoms with Gasteiger partial charge in [-0.15, -0.1) is 0 Å². The highest BCUT2D eigenvalue weighted by atomic mass is 79.9. The molecule has 2 rings (SSSR count). The van der Waals surface area contributed by atoms with E-state index < -0.39 is 0 Å². The van der Waals surface area contributed by atoms with Crippen molar-refractivity contribution in [1.29, 1.82) is 0 Å². The summed E-state index contributed by atoms with van der Waals surface area (Å²) in [5.74, 6) is 0.222. The van der Waals surface area contributed by atoms with Gasteiger partial charge in [-0.05, 0) is 49.2 Å². The lowest BCUT2D eigenvalue weighted by Crippen LogP contribution is -2.20. The molecule has 0 spiro atoms. The highest BCUT2D eigenvalue weighted by Crippen LogP contribution is 2.32. The average molecular weight is 403 g/mol. The van der Waals surface area contributed by atoms with Gasteiger partial charge >= 0.3 is 0 Å². The van der Waals surface area contributed by atoms with Gasteiger partial charge in [0, 0.05) is 15.2 Å². The van der Waals surface area contributed by atoms with Crippen molar-refractivity contribution in [2.24, 2.45) is 0 Å². The second-order valence-electron chi connectivity index (χ2n) is 4.83. The standard InChI is InChI=1S/C16H14BrCl2NO2/c1-9-3-4-12(7-13(9)18)20-15(21)8-22-16-10(2)5-11(17)6-14(16)19/h3-7H,8H2,1-2H3,(H,20,21). The number of rotatable bonds is 4. The zero-order valence-electron chi connectivity index (χ0n) is 12.0. The highest BCUT2D eigenvalue weighted by Gasteiger charge is 2.10. The summed E-state index contributed by atoms with van der Waals surface area (Å²) < 4.78 is 6.37. The Kier molecular flexibility index (Phi) is 5.73. The van der Waals surface area contributed by atoms with E-state index in [0.29, 0.717) is 21.5 Å². The van der Waals surface area contributed by atoms with Gasteiger partial charge in [0.25, 0.3) is 5.91 Å². The number of aryl methyl sites for hydroxylation is 2. The van der Waals surface area contributed by atoms with Gasteiger partial charge in [-0.3, -0.25) is 4.79 Å². The molecule has 0 aliphatic heterocycles. The van der Waals surface area contributed by atoms with Gasteiger partial charge in [0.2, 0.25) is 0 Å². The minimum Gasteiger partial charge on any atom is -0.482 e. The molecule has 0 fully saturated rings. The minimum absolute atomic E-state index is 0.131. The number of ether oxygens (including phenoxy) is 1. The first-order valence-corrected chi connectivity index (χ1v) is 8.06. The van der Waals surface area contributed by atoms with E-state index in [0.717, 1.165) is 15.6 Å². The predicted molar refractivity (Wildman–Crippen MR) is 94.2 cm³/mol. The Morgan fingerprint density at radius 1 is 1.14 bits per heavy atom. The van der Waals surface area contributed by atoms with Gasteiger partial charge in [-0.1, -0.05) is 45.2 Å². The quantitative estimate of drug-likeness (QED) is 0.744. The number of carbonyl (C=O) groups is 1. The molecule has 6 heteroatoms. The second-order valence-corrected chi connectivity index (χ2v) is 6.56. The fraction of sp³-hybridized carbons (Fsp3) is 0.188. The number of anilines is 1. The van der Waals surface area contributed by atoms with E-state index in [4.69, 9.17) is 27.9 Å². The van der Waals surface area contributed by atoms with E-state index in [1.165, 1.54) is 0 Å². The summed E-state index contributed by atoms with van der Waals surface area (Å²) in [5, 5.41) is 3.79. The van der Waals surface area contributed by atoms with Crippen molar-refractivity contribution in [2.75, 3.05) is 11.9 Å². The lowest BCUT2D eigenvalue weighted by Gasteiger charge is -2.12. The monoisotopic (exact) mass is 401 g/mol. The van der Waals surface area contributed by atoms with Gasteiger partial charge in [0.1, 0.15) is 5.75 Å². The molecule has 0 saturated carbocycles. The summed E-state index contributed by atoms with van der Waals surface area (Å²) >= 11 is 15.5. The highest BCUT2D eigenvalue weighted by molar-refractivity contribution is 9.10. The first-order valence-electron chi connectivity index (χ1n) is 6.51. The van der Waals surface area contributed by atoms with Gasteiger partial charge in [-0.2, -0.15) is 0 Å². The van der Waals surface area contributed by atoms with Crippen LogP contribution in [0.15, 0.2) is 34.8 Å². The van der Waals surface area contributed by atoms with Crippen LogP contribution in [0, 0.1) is 13.8 Å². The molecule has 116 valence electrons. The topological polar surface area (TPSA) is 38.3 Å². The molecule has 2 aromatic rings. The van der Waals surface area contributed by atoms with Crippen LogP contribution < -0.4 is 10.1 Å². The molecule has 0 bridgehead atoms. The number of halogens is 3. The Morgan fingerprint density at radius 2 is 1.86 bits per heavy atom. The van der Waals surface area contributed by atoms with E-state index >= 15 is 0 Å². The van der Waals surface area contributed by atoms with Crippen LogP contribution in [-0.2, 0) is 4.79 Å². The summed E-state index contributed by atoms with van der Waals surface area (Å²) in [5.41, 5.74) is 2.43. The predicted octanol–water partition coefficient (Wildman–Crippen LogP) is 5.39. The fourth-order valence-electron chi connectivity index (χ4n) is 1.88. The number of benzene rings is 2. The molecule has 22 heavy (non-hydrogen) atoms. The SMILES string of the molecule is Cc1ccc(NC(=O)COc2c(C)cc(Br)cc2Cl)cc1Cl. The maximum absolute atomic E-state index is 11.9. The first-order chi connectivity index (χ1) is 10.4. The normalized spacial score (nSPS) is 10.4. The van der Waals surface area contributed by atoms with Crippen molar-refractivity contribution in [3.63, 3.8) is 0 Å². The van der Waals surface area contributed by atoms with Crippen LogP contribution in [0.1, 0.15) is 11.1 Å². The van der Waals surface area contributed by atoms with Gasteiger partial charge in [0.15, 0.2) is 6.61 Å². The lowest BCUT2D eigenvalue weighted by atomic mass is 10.2. The van der Waals surface area contributed by atoms with Crippen molar-refractivity contribution in [1.82, 2.24) is 0 Å². The smallest absolute Gasteiger partial charge is 0.262 e. The Labute approximate surface area is 147 Å². The molecule has 0 heterocycles. The maximum Gasteiger partial charge on any atom is 0.262 e. The molecule has 1 N–H and O–H groups in total. The number of carbonyl (C=O) groups excluding carboxylic acids is 1. The van der Waals surface area contributed by atoms with Crippen molar-refractivity contribution in [2.45, 2.75) is 13.8 Å². The number of amides is 1. The maximum atomic E-state index is 11.9. The van der Waals surface area contributed by atoms with Crippen LogP contribution in [-0.4, -0.2) is 12.5 Å². The molecular formula is C16H14BrCl2NO2. The van der Waals surface area contributed by atoms with Crippen LogP contribution in [0.3, 0.4) is 0 Å². The van der Waals surface area contributed by atoms with Crippen LogP contribution in [0.4, 0.5) is 5.69 Å². The Hall–Kier alpha value is -1.23. The van der Waals surface area contributed by atoms with Crippen molar-refractivity contribution < 1.29 is 9.53 Å². The summed E-state index contributed by atoms with van der Waals surface area (Å²) in [7, 11) is 0. The van der Waals surface area contributed by atoms with E-state index in [1.54, 1.807) is 18.2 Å². The number of nitrogens with one attached hydrogen (secondary N) is 1. The molecule has 0 aromatic heterocycles. The zero-order chi connectivity index (χ0) is 16.3. The zero-order valence-corrected chi connectivity index (χ0v) is 15.1. The molecule has 0 unspecified atom stereocenters. The van der Waals surface area contributed by atoms with Gasteiger partial charge < -0.3 is 10.1 Å². The lowest BCUT2D eigenvalue weighted by molar-refractivity contribution is -0.118. The summed E-state index contributed by atoms with van der Waals surface area (Å²) in [4.78, 5) is 11.9. The first kappa shape index (κ1) is 17.1. The fourth-order valence-corrected chi connectivity index (χ4v) is 3.08. The molecule has 0 radical (unpaired) electrons. The molecule has 0 atom stereocenters. The third-order valence-corrected chi connectivity index (χ3v) is 4.14. The Bertz CT molecular complexity index is 696. The largest absolute Gasteiger partial charge is 0.482 e. The van der Waals surface area contributed by atoms with Crippen LogP contribution in [0.2, 0.25) is 10.0 Å². The van der Waals surface area contributed by atoms with Crippen molar-refractivity contribution >= 4 is 50.7 Å². The molecule has 2 aromatic carbocycles. The molecular weight excluding hydrogens is 389 g/mol. The molecule has 1 amide bonds. The van der Waals surface area contributed by atoms with E-state index in [9.17, 15) is 4.79 Å². The molecule has 0 aliphatic carbocycles. The summed E-state index contributed by atoms with van der Waals surface area (Å²) in [6, 6.07) is 8.93. The van der Waals surface area contributed by atoms with E-state index in [1.807, 2.05) is 26.0 Å². The molecule has 0 saturated heterocycles. The van der Waals surface area contributed by atoms with Crippen LogP contribution in [0.5, 0.6) is 5.75 Å². The number of hydrogen-bond donors (Lipinski definition) is 1.